The van der Waals surface area contributed by atoms with E-state index in [-0.39, 0.29) is 5.92 Å². The van der Waals surface area contributed by atoms with E-state index in [1.54, 1.807) is 25.3 Å². The van der Waals surface area contributed by atoms with E-state index in [2.05, 4.69) is 32.4 Å². The molecule has 1 atom stereocenters. The third-order valence-corrected chi connectivity index (χ3v) is 5.54. The molecule has 4 N–H and O–H groups in total. The molecule has 1 aromatic carbocycles. The summed E-state index contributed by atoms with van der Waals surface area (Å²) in [5.41, 5.74) is 9.50. The van der Waals surface area contributed by atoms with E-state index in [1.165, 1.54) is 11.8 Å². The predicted molar refractivity (Wildman–Crippen MR) is 141 cm³/mol. The number of urea groups is 1. The Morgan fingerprint density at radius 1 is 1.33 bits per heavy atom. The third-order valence-electron chi connectivity index (χ3n) is 5.54. The van der Waals surface area contributed by atoms with Gasteiger partial charge in [-0.1, -0.05) is 32.9 Å². The highest BCUT2D eigenvalue weighted by atomic mass is 16.2. The van der Waals surface area contributed by atoms with Crippen molar-refractivity contribution in [3.63, 3.8) is 0 Å². The maximum Gasteiger partial charge on any atom is 0.347 e. The topological polar surface area (TPSA) is 112 Å². The molecule has 1 fully saturated rings. The van der Waals surface area contributed by atoms with Crippen LogP contribution in [0.5, 0.6) is 0 Å². The van der Waals surface area contributed by atoms with Crippen LogP contribution in [-0.2, 0) is 4.79 Å². The van der Waals surface area contributed by atoms with Gasteiger partial charge >= 0.3 is 6.03 Å². The first-order valence-electron chi connectivity index (χ1n) is 11.8. The third kappa shape index (κ3) is 9.18. The van der Waals surface area contributed by atoms with E-state index < -0.39 is 6.03 Å². The van der Waals surface area contributed by atoms with Crippen molar-refractivity contribution in [3.05, 3.63) is 29.8 Å². The van der Waals surface area contributed by atoms with Gasteiger partial charge in [0, 0.05) is 38.8 Å². The number of nitrogens with one attached hydrogen (secondary N) is 2. The number of amides is 2. The number of benzene rings is 1. The Kier molecular flexibility index (Phi) is 13.4. The quantitative estimate of drug-likeness (QED) is 0.220. The lowest BCUT2D eigenvalue weighted by atomic mass is 9.96. The molecule has 1 saturated heterocycles. The highest BCUT2D eigenvalue weighted by molar-refractivity contribution is 6.02. The SMILES string of the molecule is CC.CCC(CCN1CCCC(/C(N)=N/C(=O)Nc2cccc(/C=C\C=O)c2NC)C1)=NC. The second-order valence-electron chi connectivity index (χ2n) is 7.51. The fourth-order valence-electron chi connectivity index (χ4n) is 3.82. The predicted octanol–water partition coefficient (Wildman–Crippen LogP) is 4.44. The van der Waals surface area contributed by atoms with Crippen LogP contribution >= 0.6 is 0 Å². The first kappa shape index (κ1) is 28.0. The van der Waals surface area contributed by atoms with E-state index in [0.717, 1.165) is 50.9 Å². The monoisotopic (exact) mass is 456 g/mol. The van der Waals surface area contributed by atoms with Crippen LogP contribution in [-0.4, -0.2) is 62.5 Å². The van der Waals surface area contributed by atoms with Crippen molar-refractivity contribution >= 4 is 41.3 Å². The van der Waals surface area contributed by atoms with Gasteiger partial charge in [-0.3, -0.25) is 9.79 Å². The number of hydrogen-bond acceptors (Lipinski definition) is 5. The van der Waals surface area contributed by atoms with Crippen LogP contribution < -0.4 is 16.4 Å². The molecule has 8 heteroatoms. The van der Waals surface area contributed by atoms with Crippen molar-refractivity contribution in [2.45, 2.75) is 46.5 Å². The number of allylic oxidation sites excluding steroid dienone is 1. The molecule has 1 aliphatic heterocycles. The Hall–Kier alpha value is -3.00. The zero-order valence-electron chi connectivity index (χ0n) is 20.7. The van der Waals surface area contributed by atoms with Gasteiger partial charge in [0.25, 0.3) is 0 Å². The van der Waals surface area contributed by atoms with Crippen molar-refractivity contribution in [3.8, 4) is 0 Å². The largest absolute Gasteiger partial charge is 0.387 e. The molecule has 0 bridgehead atoms. The summed E-state index contributed by atoms with van der Waals surface area (Å²) < 4.78 is 0. The number of anilines is 2. The number of amidine groups is 1. The first-order valence-corrected chi connectivity index (χ1v) is 11.8. The summed E-state index contributed by atoms with van der Waals surface area (Å²) in [5.74, 6) is 0.429. The fourth-order valence-corrected chi connectivity index (χ4v) is 3.82. The van der Waals surface area contributed by atoms with Crippen molar-refractivity contribution in [1.82, 2.24) is 4.90 Å². The van der Waals surface area contributed by atoms with Crippen LogP contribution in [0.2, 0.25) is 0 Å². The second kappa shape index (κ2) is 15.7. The molecule has 1 unspecified atom stereocenters. The number of aliphatic imine (C=N–C) groups is 2. The minimum absolute atomic E-state index is 0.0637. The maximum atomic E-state index is 12.5. The number of hydrogen-bond donors (Lipinski definition) is 3. The number of para-hydroxylation sites is 1. The molecule has 0 saturated carbocycles. The zero-order chi connectivity index (χ0) is 24.6. The van der Waals surface area contributed by atoms with E-state index in [0.29, 0.717) is 23.5 Å². The first-order chi connectivity index (χ1) is 16.0. The minimum Gasteiger partial charge on any atom is -0.387 e. The van der Waals surface area contributed by atoms with Crippen molar-refractivity contribution in [1.29, 1.82) is 0 Å². The average Bonchev–Trinajstić information content (AvgIpc) is 2.84. The number of carbonyl (C=O) groups excluding carboxylic acids is 2. The van der Waals surface area contributed by atoms with Crippen LogP contribution in [0.1, 0.15) is 52.0 Å². The van der Waals surface area contributed by atoms with Crippen molar-refractivity contribution in [2.75, 3.05) is 44.4 Å². The normalized spacial score (nSPS) is 17.3. The number of carbonyl (C=O) groups is 2. The summed E-state index contributed by atoms with van der Waals surface area (Å²) in [7, 11) is 3.60. The van der Waals surface area contributed by atoms with Crippen LogP contribution in [0.4, 0.5) is 16.2 Å². The highest BCUT2D eigenvalue weighted by Crippen LogP contribution is 2.27. The molecule has 182 valence electrons. The highest BCUT2D eigenvalue weighted by Gasteiger charge is 2.23. The van der Waals surface area contributed by atoms with Crippen LogP contribution in [0.3, 0.4) is 0 Å². The summed E-state index contributed by atoms with van der Waals surface area (Å²) in [4.78, 5) is 34.0. The van der Waals surface area contributed by atoms with Crippen LogP contribution in [0.15, 0.2) is 34.3 Å². The molecule has 1 heterocycles. The smallest absolute Gasteiger partial charge is 0.347 e. The molecule has 0 spiro atoms. The van der Waals surface area contributed by atoms with E-state index in [1.807, 2.05) is 27.0 Å². The Labute approximate surface area is 198 Å². The molecule has 33 heavy (non-hydrogen) atoms. The minimum atomic E-state index is -0.506. The molecule has 8 nitrogen and oxygen atoms in total. The molecule has 0 aliphatic carbocycles. The number of nitrogens with two attached hydrogens (primary N) is 1. The maximum absolute atomic E-state index is 12.5. The molecule has 0 radical (unpaired) electrons. The Balaban J connectivity index is 0.00000265. The molecule has 2 rings (SSSR count). The standard InChI is InChI=1S/C23H34N6O2.C2H6/c1-4-19(25-2)12-14-29-13-6-9-18(16-29)22(24)28-23(31)27-20-11-5-8-17(10-7-15-30)21(20)26-3;1-2/h5,7-8,10-11,15,18,26H,4,6,9,12-14,16H2,1-3H3,(H3,24,27,28,31);1-2H3/b10-7-,25-19?;. The second-order valence-corrected chi connectivity index (χ2v) is 7.51. The van der Waals surface area contributed by atoms with Crippen LogP contribution in [0, 0.1) is 5.92 Å². The van der Waals surface area contributed by atoms with Crippen molar-refractivity contribution in [2.24, 2.45) is 21.6 Å². The number of rotatable bonds is 9. The molecular weight excluding hydrogens is 416 g/mol. The van der Waals surface area contributed by atoms with Gasteiger partial charge < -0.3 is 21.3 Å². The molecular formula is C25H40N6O2. The lowest BCUT2D eigenvalue weighted by Gasteiger charge is -2.32. The summed E-state index contributed by atoms with van der Waals surface area (Å²) in [5, 5.41) is 5.85. The summed E-state index contributed by atoms with van der Waals surface area (Å²) in [6.07, 6.45) is 7.68. The Morgan fingerprint density at radius 2 is 2.09 bits per heavy atom. The summed E-state index contributed by atoms with van der Waals surface area (Å²) >= 11 is 0. The van der Waals surface area contributed by atoms with E-state index in [4.69, 9.17) is 5.73 Å². The average molecular weight is 457 g/mol. The van der Waals surface area contributed by atoms with Gasteiger partial charge in [-0.05, 0) is 56.0 Å². The fraction of sp³-hybridized carbons (Fsp3) is 0.520. The van der Waals surface area contributed by atoms with Gasteiger partial charge in [0.2, 0.25) is 0 Å². The van der Waals surface area contributed by atoms with Crippen molar-refractivity contribution < 1.29 is 9.59 Å². The summed E-state index contributed by atoms with van der Waals surface area (Å²) in [6.45, 7) is 8.90. The summed E-state index contributed by atoms with van der Waals surface area (Å²) in [6, 6.07) is 4.92. The molecule has 1 aromatic rings. The van der Waals surface area contributed by atoms with Gasteiger partial charge in [-0.25, -0.2) is 4.79 Å². The van der Waals surface area contributed by atoms with Gasteiger partial charge in [-0.2, -0.15) is 4.99 Å². The Morgan fingerprint density at radius 3 is 2.73 bits per heavy atom. The molecule has 1 aliphatic rings. The number of piperidine rings is 1. The van der Waals surface area contributed by atoms with Gasteiger partial charge in [0.1, 0.15) is 12.1 Å². The lowest BCUT2D eigenvalue weighted by Crippen LogP contribution is -2.42. The van der Waals surface area contributed by atoms with Gasteiger partial charge in [-0.15, -0.1) is 0 Å². The number of aldehydes is 1. The van der Waals surface area contributed by atoms with Gasteiger partial charge in [0.15, 0.2) is 0 Å². The number of likely N-dealkylation sites (tertiary alicyclic amines) is 1. The van der Waals surface area contributed by atoms with Crippen LogP contribution in [0.25, 0.3) is 6.08 Å². The Bertz CT molecular complexity index is 847. The zero-order valence-corrected chi connectivity index (χ0v) is 20.7. The van der Waals surface area contributed by atoms with E-state index in [9.17, 15) is 9.59 Å². The molecule has 0 aromatic heterocycles. The van der Waals surface area contributed by atoms with E-state index >= 15 is 0 Å². The number of nitrogens with zero attached hydrogens (tertiary/aromatic N) is 3. The lowest BCUT2D eigenvalue weighted by molar-refractivity contribution is -0.104. The molecule has 2 amide bonds. The van der Waals surface area contributed by atoms with Gasteiger partial charge in [0.05, 0.1) is 11.4 Å².